The van der Waals surface area contributed by atoms with Gasteiger partial charge in [-0.3, -0.25) is 0 Å². The highest BCUT2D eigenvalue weighted by Crippen LogP contribution is 2.38. The zero-order valence-corrected chi connectivity index (χ0v) is 9.14. The van der Waals surface area contributed by atoms with Crippen molar-refractivity contribution in [2.75, 3.05) is 13.6 Å². The molecule has 1 atom stereocenters. The predicted octanol–water partition coefficient (Wildman–Crippen LogP) is 1.78. The first-order valence-corrected chi connectivity index (χ1v) is 5.38. The zero-order chi connectivity index (χ0) is 9.90. The molecule has 1 rings (SSSR count). The Bertz CT molecular complexity index is 146. The quantitative estimate of drug-likeness (QED) is 0.702. The standard InChI is InChI=1S/C11H23NO/c1-11(2)6-4-9(5-7-11)10(13)8-12-3/h9-10,12-13H,4-8H2,1-3H3. The summed E-state index contributed by atoms with van der Waals surface area (Å²) in [7, 11) is 1.90. The van der Waals surface area contributed by atoms with Crippen molar-refractivity contribution in [3.05, 3.63) is 0 Å². The lowest BCUT2D eigenvalue weighted by atomic mass is 9.71. The Morgan fingerprint density at radius 3 is 2.38 bits per heavy atom. The number of nitrogens with one attached hydrogen (secondary N) is 1. The van der Waals surface area contributed by atoms with Crippen LogP contribution in [0.1, 0.15) is 39.5 Å². The highest BCUT2D eigenvalue weighted by molar-refractivity contribution is 4.82. The SMILES string of the molecule is CNCC(O)C1CCC(C)(C)CC1. The molecule has 2 heteroatoms. The molecule has 0 aliphatic heterocycles. The highest BCUT2D eigenvalue weighted by atomic mass is 16.3. The van der Waals surface area contributed by atoms with Gasteiger partial charge in [0.15, 0.2) is 0 Å². The Kier molecular flexibility index (Phi) is 3.74. The molecule has 1 aliphatic rings. The summed E-state index contributed by atoms with van der Waals surface area (Å²) < 4.78 is 0. The van der Waals surface area contributed by atoms with Crippen LogP contribution in [-0.4, -0.2) is 24.8 Å². The number of hydrogen-bond donors (Lipinski definition) is 2. The Balaban J connectivity index is 2.32. The highest BCUT2D eigenvalue weighted by Gasteiger charge is 2.29. The van der Waals surface area contributed by atoms with Crippen molar-refractivity contribution in [2.45, 2.75) is 45.6 Å². The smallest absolute Gasteiger partial charge is 0.0692 e. The Labute approximate surface area is 81.7 Å². The van der Waals surface area contributed by atoms with Crippen molar-refractivity contribution < 1.29 is 5.11 Å². The summed E-state index contributed by atoms with van der Waals surface area (Å²) >= 11 is 0. The molecular formula is C11H23NO. The van der Waals surface area contributed by atoms with Crippen molar-refractivity contribution in [1.29, 1.82) is 0 Å². The molecule has 0 amide bonds. The van der Waals surface area contributed by atoms with E-state index in [0.29, 0.717) is 11.3 Å². The van der Waals surface area contributed by atoms with Crippen LogP contribution in [0.4, 0.5) is 0 Å². The fraction of sp³-hybridized carbons (Fsp3) is 1.00. The minimum atomic E-state index is -0.138. The van der Waals surface area contributed by atoms with Crippen molar-refractivity contribution in [1.82, 2.24) is 5.32 Å². The van der Waals surface area contributed by atoms with Gasteiger partial charge in [0.2, 0.25) is 0 Å². The van der Waals surface area contributed by atoms with E-state index < -0.39 is 0 Å². The van der Waals surface area contributed by atoms with Gasteiger partial charge in [-0.1, -0.05) is 13.8 Å². The molecule has 1 saturated carbocycles. The molecule has 0 aromatic carbocycles. The molecule has 13 heavy (non-hydrogen) atoms. The second kappa shape index (κ2) is 4.43. The van der Waals surface area contributed by atoms with Crippen LogP contribution in [-0.2, 0) is 0 Å². The summed E-state index contributed by atoms with van der Waals surface area (Å²) in [5.41, 5.74) is 0.510. The fourth-order valence-corrected chi connectivity index (χ4v) is 2.18. The van der Waals surface area contributed by atoms with E-state index in [4.69, 9.17) is 0 Å². The summed E-state index contributed by atoms with van der Waals surface area (Å²) in [5, 5.41) is 12.8. The molecule has 0 saturated heterocycles. The molecular weight excluding hydrogens is 162 g/mol. The first kappa shape index (κ1) is 11.0. The minimum Gasteiger partial charge on any atom is -0.392 e. The number of aliphatic hydroxyl groups excluding tert-OH is 1. The monoisotopic (exact) mass is 185 g/mol. The Morgan fingerprint density at radius 1 is 1.38 bits per heavy atom. The number of likely N-dealkylation sites (N-methyl/N-ethyl adjacent to an activating group) is 1. The third-order valence-electron chi connectivity index (χ3n) is 3.34. The van der Waals surface area contributed by atoms with Gasteiger partial charge >= 0.3 is 0 Å². The van der Waals surface area contributed by atoms with Crippen LogP contribution < -0.4 is 5.32 Å². The van der Waals surface area contributed by atoms with Crippen molar-refractivity contribution in [2.24, 2.45) is 11.3 Å². The van der Waals surface area contributed by atoms with E-state index in [1.165, 1.54) is 25.7 Å². The number of aliphatic hydroxyl groups is 1. The van der Waals surface area contributed by atoms with Gasteiger partial charge in [-0.15, -0.1) is 0 Å². The average Bonchev–Trinajstić information content (AvgIpc) is 2.04. The van der Waals surface area contributed by atoms with Gasteiger partial charge in [-0.05, 0) is 44.1 Å². The molecule has 0 spiro atoms. The summed E-state index contributed by atoms with van der Waals surface area (Å²) in [5.74, 6) is 0.528. The third-order valence-corrected chi connectivity index (χ3v) is 3.34. The van der Waals surface area contributed by atoms with Crippen molar-refractivity contribution in [3.63, 3.8) is 0 Å². The van der Waals surface area contributed by atoms with Gasteiger partial charge in [0.25, 0.3) is 0 Å². The van der Waals surface area contributed by atoms with E-state index in [9.17, 15) is 5.11 Å². The lowest BCUT2D eigenvalue weighted by molar-refractivity contribution is 0.0586. The fourth-order valence-electron chi connectivity index (χ4n) is 2.18. The molecule has 0 heterocycles. The topological polar surface area (TPSA) is 32.3 Å². The van der Waals surface area contributed by atoms with Crippen LogP contribution in [0.5, 0.6) is 0 Å². The van der Waals surface area contributed by atoms with Gasteiger partial charge in [0, 0.05) is 6.54 Å². The maximum Gasteiger partial charge on any atom is 0.0692 e. The van der Waals surface area contributed by atoms with Crippen molar-refractivity contribution >= 4 is 0 Å². The van der Waals surface area contributed by atoms with Crippen molar-refractivity contribution in [3.8, 4) is 0 Å². The first-order chi connectivity index (χ1) is 6.05. The van der Waals surface area contributed by atoms with E-state index in [1.54, 1.807) is 0 Å². The predicted molar refractivity (Wildman–Crippen MR) is 55.7 cm³/mol. The third kappa shape index (κ3) is 3.28. The van der Waals surface area contributed by atoms with Crippen LogP contribution in [0.2, 0.25) is 0 Å². The first-order valence-electron chi connectivity index (χ1n) is 5.38. The molecule has 1 fully saturated rings. The van der Waals surface area contributed by atoms with E-state index in [0.717, 1.165) is 6.54 Å². The van der Waals surface area contributed by atoms with Gasteiger partial charge < -0.3 is 10.4 Å². The number of hydrogen-bond acceptors (Lipinski definition) is 2. The molecule has 78 valence electrons. The molecule has 0 aromatic rings. The van der Waals surface area contributed by atoms with E-state index >= 15 is 0 Å². The van der Waals surface area contributed by atoms with E-state index in [-0.39, 0.29) is 6.10 Å². The molecule has 2 N–H and O–H groups in total. The Morgan fingerprint density at radius 2 is 1.92 bits per heavy atom. The van der Waals surface area contributed by atoms with E-state index in [1.807, 2.05) is 7.05 Å². The van der Waals surface area contributed by atoms with E-state index in [2.05, 4.69) is 19.2 Å². The maximum absolute atomic E-state index is 9.78. The summed E-state index contributed by atoms with van der Waals surface area (Å²) in [6, 6.07) is 0. The minimum absolute atomic E-state index is 0.138. The molecule has 1 aliphatic carbocycles. The molecule has 1 unspecified atom stereocenters. The lowest BCUT2D eigenvalue weighted by Crippen LogP contribution is -2.35. The lowest BCUT2D eigenvalue weighted by Gasteiger charge is -2.36. The maximum atomic E-state index is 9.78. The molecule has 0 radical (unpaired) electrons. The van der Waals surface area contributed by atoms with Crippen LogP contribution in [0, 0.1) is 11.3 Å². The zero-order valence-electron chi connectivity index (χ0n) is 9.14. The van der Waals surface area contributed by atoms with Gasteiger partial charge in [-0.2, -0.15) is 0 Å². The average molecular weight is 185 g/mol. The molecule has 0 aromatic heterocycles. The van der Waals surface area contributed by atoms with Gasteiger partial charge in [-0.25, -0.2) is 0 Å². The van der Waals surface area contributed by atoms with Gasteiger partial charge in [0.05, 0.1) is 6.10 Å². The van der Waals surface area contributed by atoms with Gasteiger partial charge in [0.1, 0.15) is 0 Å². The van der Waals surface area contributed by atoms with Crippen LogP contribution in [0.15, 0.2) is 0 Å². The largest absolute Gasteiger partial charge is 0.392 e. The summed E-state index contributed by atoms with van der Waals surface area (Å²) in [6.45, 7) is 5.40. The number of rotatable bonds is 3. The summed E-state index contributed by atoms with van der Waals surface area (Å²) in [6.07, 6.45) is 4.77. The van der Waals surface area contributed by atoms with Crippen LogP contribution in [0.3, 0.4) is 0 Å². The Hall–Kier alpha value is -0.0800. The van der Waals surface area contributed by atoms with Crippen LogP contribution >= 0.6 is 0 Å². The normalized spacial score (nSPS) is 25.8. The molecule has 0 bridgehead atoms. The second-order valence-corrected chi connectivity index (χ2v) is 5.13. The molecule has 2 nitrogen and oxygen atoms in total. The second-order valence-electron chi connectivity index (χ2n) is 5.13. The van der Waals surface area contributed by atoms with Crippen LogP contribution in [0.25, 0.3) is 0 Å². The summed E-state index contributed by atoms with van der Waals surface area (Å²) in [4.78, 5) is 0.